The molecule has 8 aliphatic heterocycles. The van der Waals surface area contributed by atoms with E-state index in [9.17, 15) is 75.7 Å². The van der Waals surface area contributed by atoms with E-state index >= 15 is 24.0 Å². The van der Waals surface area contributed by atoms with Crippen LogP contribution in [0.3, 0.4) is 0 Å². The zero-order valence-electron chi connectivity index (χ0n) is 67.8. The van der Waals surface area contributed by atoms with Crippen LogP contribution in [0.5, 0.6) is 46.0 Å². The highest BCUT2D eigenvalue weighted by Gasteiger charge is 2.53. The summed E-state index contributed by atoms with van der Waals surface area (Å²) in [5.74, 6) is -16.7. The van der Waals surface area contributed by atoms with Gasteiger partial charge in [0.15, 0.2) is 30.1 Å². The first-order valence-electron chi connectivity index (χ1n) is 40.0. The van der Waals surface area contributed by atoms with Crippen LogP contribution >= 0.6 is 34.8 Å². The van der Waals surface area contributed by atoms with Gasteiger partial charge in [0.1, 0.15) is 120 Å². The van der Waals surface area contributed by atoms with Crippen LogP contribution in [0, 0.1) is 5.92 Å². The molecular formula is C85H95Cl3N10O28. The van der Waals surface area contributed by atoms with E-state index in [1.54, 1.807) is 26.0 Å². The number of aliphatic carboxylic acids is 1. The van der Waals surface area contributed by atoms with Gasteiger partial charge >= 0.3 is 5.97 Å². The Labute approximate surface area is 733 Å². The molecule has 8 aliphatic rings. The van der Waals surface area contributed by atoms with E-state index in [2.05, 4.69) is 42.5 Å². The number of rotatable bonds is 20. The second-order valence-corrected chi connectivity index (χ2v) is 33.4. The van der Waals surface area contributed by atoms with Crippen LogP contribution in [0.15, 0.2) is 127 Å². The van der Waals surface area contributed by atoms with Crippen molar-refractivity contribution in [3.8, 4) is 68.2 Å². The standard InChI is InChI=1S/C85H95Cl3N10O28/c1-33(2)20-48(91-5)76(111)97-64-66(104)39-13-18-52(46(87)22-39)120-54-24-41-25-55(73(54)125-84-71(109)69(107)74(57(32-99)123-84)126-83-70(108)68(106)67(105)56(122-83)31-92-30-35-6-8-36(9-7-35)37-10-15-42(86)16-11-37)121-53-19-14-40(23-47(53)88)72(124-59-29-85(4,90)75(110)34(3)119-59)65-81(116)96-63(82(117)118)45-26-43(100)27-51(102)60(45)44-21-38(12-17-50(44)101)61(78(113)98-65)95-79(114)62(41)94-77(112)49(28-58(89)103)93-80(64)115/h6-19,21-27,33-34,48-49,56-57,59,61-72,74-75,83-84,91-92,99-102,104-110H,20,28-32,90H2,1-5H3,(H2,89,103)(H,93,115)(H,94,112)(H,95,114)(H,96,116)(H,97,111)(H,98,113)(H,117,118)/t34-,48+,49+,56+,57+,59?,61+,62+,63+,64?,65-,66+,67-,68-,69+,70+,71+,72+,74+,75-,83-,84-,85-/m0/s1. The predicted octanol–water partition coefficient (Wildman–Crippen LogP) is 2.05. The first kappa shape index (κ1) is 93.0. The Morgan fingerprint density at radius 3 is 1.85 bits per heavy atom. The Morgan fingerprint density at radius 1 is 0.627 bits per heavy atom. The molecule has 38 nitrogen and oxygen atoms in total. The second-order valence-electron chi connectivity index (χ2n) is 32.2. The zero-order chi connectivity index (χ0) is 90.9. The molecule has 0 spiro atoms. The Morgan fingerprint density at radius 2 is 1.23 bits per heavy atom. The third-order valence-electron chi connectivity index (χ3n) is 22.5. The van der Waals surface area contributed by atoms with Crippen molar-refractivity contribution in [1.29, 1.82) is 0 Å². The van der Waals surface area contributed by atoms with Crippen molar-refractivity contribution in [3.05, 3.63) is 176 Å². The SMILES string of the molecule is CN[C@H](CC(C)C)C(=O)NC1C(=O)N[C@H](CC(N)=O)C(=O)N[C@H]2C(=O)N[C@H]3C(=O)N[C@H](C(=O)N[C@@H](C(=O)O)c4cc(O)cc(O)c4-c4cc3ccc4O)[C@H](OC3C[C@](C)(N)[C@@H](O)[C@H](C)O3)c3ccc(c(Cl)c3)Oc3cc2cc(c3O[C@@H]2O[C@H](CO)[C@@H](O[C@@H]3O[C@H](CNCc4ccc(-c5ccc(Cl)cc5)cc4)[C@H](O)[C@H](O)[C@H]3O)[C@H](O)[C@H]2O)Oc2ccc(cc2Cl)[C@H]1O. The number of carboxylic acid groups (broad SMARTS) is 1. The van der Waals surface area contributed by atoms with Crippen LogP contribution in [0.25, 0.3) is 22.3 Å². The average Bonchev–Trinajstić information content (AvgIpc) is 0.761. The number of amides is 7. The number of likely N-dealkylation sites (N-methyl/N-ethyl adjacent to an activating group) is 1. The minimum Gasteiger partial charge on any atom is -0.508 e. The Kier molecular flexibility index (Phi) is 28.7. The third-order valence-corrected chi connectivity index (χ3v) is 23.3. The number of aliphatic hydroxyl groups excluding tert-OH is 8. The van der Waals surface area contributed by atoms with Gasteiger partial charge in [-0.1, -0.05) is 103 Å². The Balaban J connectivity index is 0.962. The van der Waals surface area contributed by atoms with Crippen molar-refractivity contribution < 1.29 is 138 Å². The molecule has 3 saturated heterocycles. The maximum atomic E-state index is 16.4. The fourth-order valence-corrected chi connectivity index (χ4v) is 16.4. The van der Waals surface area contributed by atoms with Crippen molar-refractivity contribution in [2.45, 2.75) is 193 Å². The number of aliphatic hydroxyl groups is 8. The first-order chi connectivity index (χ1) is 59.8. The molecule has 0 aliphatic carbocycles. The number of carbonyl (C=O) groups excluding carboxylic acids is 7. The van der Waals surface area contributed by atoms with Gasteiger partial charge < -0.3 is 153 Å². The minimum absolute atomic E-state index is 0.130. The van der Waals surface area contributed by atoms with Crippen molar-refractivity contribution in [1.82, 2.24) is 42.5 Å². The number of benzene rings is 7. The molecule has 0 radical (unpaired) electrons. The van der Waals surface area contributed by atoms with E-state index in [-0.39, 0.29) is 43.0 Å². The number of nitrogens with two attached hydrogens (primary N) is 2. The number of halogens is 3. The van der Waals surface area contributed by atoms with Crippen molar-refractivity contribution in [3.63, 3.8) is 0 Å². The van der Waals surface area contributed by atoms with E-state index in [1.807, 2.05) is 36.4 Å². The third kappa shape index (κ3) is 20.3. The number of phenolic OH excluding ortho intramolecular Hbond substituents is 3. The van der Waals surface area contributed by atoms with E-state index in [0.717, 1.165) is 83.4 Å². The molecule has 15 rings (SSSR count). The highest BCUT2D eigenvalue weighted by Crippen LogP contribution is 2.50. The molecule has 23 atom stereocenters. The molecule has 126 heavy (non-hydrogen) atoms. The average molecular weight is 1810 g/mol. The highest BCUT2D eigenvalue weighted by atomic mass is 35.5. The summed E-state index contributed by atoms with van der Waals surface area (Å²) in [7, 11) is 1.46. The largest absolute Gasteiger partial charge is 0.508 e. The summed E-state index contributed by atoms with van der Waals surface area (Å²) in [6.07, 6.45) is -29.1. The lowest BCUT2D eigenvalue weighted by Gasteiger charge is -2.46. The second kappa shape index (κ2) is 38.9. The van der Waals surface area contributed by atoms with Crippen LogP contribution in [0.1, 0.15) is 111 Å². The number of ether oxygens (including phenoxy) is 8. The molecule has 0 saturated carbocycles. The van der Waals surface area contributed by atoms with Crippen molar-refractivity contribution >= 4 is 82.1 Å². The number of primary amides is 1. The molecule has 2 unspecified atom stereocenters. The quantitative estimate of drug-likeness (QED) is 0.0519. The normalized spacial score (nSPS) is 29.6. The molecule has 0 aromatic heterocycles. The highest BCUT2D eigenvalue weighted by molar-refractivity contribution is 6.32. The minimum atomic E-state index is -2.42. The molecule has 7 aromatic rings. The lowest BCUT2D eigenvalue weighted by atomic mass is 9.86. The molecule has 7 amide bonds. The maximum absolute atomic E-state index is 16.4. The van der Waals surface area contributed by atoms with Crippen LogP contribution in [0.2, 0.25) is 15.1 Å². The molecule has 24 N–H and O–H groups in total. The number of nitrogens with one attached hydrogen (secondary N) is 8. The van der Waals surface area contributed by atoms with Crippen LogP contribution in [0.4, 0.5) is 0 Å². The Hall–Kier alpha value is -10.7. The number of fused-ring (bicyclic) bond motifs is 15. The van der Waals surface area contributed by atoms with E-state index in [1.165, 1.54) is 33.0 Å². The van der Waals surface area contributed by atoms with Crippen molar-refractivity contribution in [2.24, 2.45) is 17.4 Å². The summed E-state index contributed by atoms with van der Waals surface area (Å²) in [5.41, 5.74) is 10.6. The Bertz CT molecular complexity index is 5250. The number of phenols is 3. The molecule has 674 valence electrons. The summed E-state index contributed by atoms with van der Waals surface area (Å²) in [5, 5.41) is 160. The summed E-state index contributed by atoms with van der Waals surface area (Å²) in [6.45, 7) is 5.46. The molecule has 11 bridgehead atoms. The number of aromatic hydroxyl groups is 3. The van der Waals surface area contributed by atoms with Crippen LogP contribution in [-0.4, -0.2) is 238 Å². The lowest BCUT2D eigenvalue weighted by Crippen LogP contribution is -2.65. The number of hydrogen-bond donors (Lipinski definition) is 22. The molecule has 3 fully saturated rings. The molecular weight excluding hydrogens is 1720 g/mol. The smallest absolute Gasteiger partial charge is 0.330 e. The van der Waals surface area contributed by atoms with Gasteiger partial charge in [-0.05, 0) is 139 Å². The predicted molar refractivity (Wildman–Crippen MR) is 443 cm³/mol. The van der Waals surface area contributed by atoms with Gasteiger partial charge in [-0.25, -0.2) is 4.79 Å². The molecule has 8 heterocycles. The summed E-state index contributed by atoms with van der Waals surface area (Å²) in [6, 6.07) is 13.7. The van der Waals surface area contributed by atoms with E-state index < -0.39 is 284 Å². The molecule has 41 heteroatoms. The zero-order valence-corrected chi connectivity index (χ0v) is 70.1. The topological polar surface area (TPSA) is 601 Å². The summed E-state index contributed by atoms with van der Waals surface area (Å²) >= 11 is 20.6. The van der Waals surface area contributed by atoms with Gasteiger partial charge in [-0.2, -0.15) is 0 Å². The van der Waals surface area contributed by atoms with Gasteiger partial charge in [0.2, 0.25) is 53.4 Å². The summed E-state index contributed by atoms with van der Waals surface area (Å²) in [4.78, 5) is 120. The lowest BCUT2D eigenvalue weighted by molar-refractivity contribution is -0.350. The van der Waals surface area contributed by atoms with E-state index in [4.69, 9.17) is 84.2 Å². The van der Waals surface area contributed by atoms with Crippen molar-refractivity contribution in [2.75, 3.05) is 20.2 Å². The van der Waals surface area contributed by atoms with Gasteiger partial charge in [0.05, 0.1) is 41.3 Å². The number of carboxylic acids is 1. The van der Waals surface area contributed by atoms with Gasteiger partial charge in [0.25, 0.3) is 0 Å². The summed E-state index contributed by atoms with van der Waals surface area (Å²) < 4.78 is 51.3. The van der Waals surface area contributed by atoms with E-state index in [0.29, 0.717) is 5.02 Å². The van der Waals surface area contributed by atoms with Crippen LogP contribution in [-0.2, 0) is 68.6 Å². The van der Waals surface area contributed by atoms with Gasteiger partial charge in [-0.15, -0.1) is 0 Å². The van der Waals surface area contributed by atoms with Gasteiger partial charge in [0, 0.05) is 52.8 Å². The van der Waals surface area contributed by atoms with Gasteiger partial charge in [-0.3, -0.25) is 33.6 Å². The fourth-order valence-electron chi connectivity index (χ4n) is 15.8. The van der Waals surface area contributed by atoms with Crippen LogP contribution < -0.4 is 68.2 Å². The number of carbonyl (C=O) groups is 8. The number of hydrogen-bond acceptors (Lipinski definition) is 30. The fraction of sp³-hybridized carbons (Fsp3) is 0.412. The molecule has 7 aromatic carbocycles. The first-order valence-corrected chi connectivity index (χ1v) is 41.1. The monoisotopic (exact) mass is 1810 g/mol. The maximum Gasteiger partial charge on any atom is 0.330 e.